The van der Waals surface area contributed by atoms with Crippen LogP contribution in [0.4, 0.5) is 0 Å². The second-order valence-corrected chi connectivity index (χ2v) is 9.23. The van der Waals surface area contributed by atoms with E-state index in [1.165, 1.54) is 12.7 Å². The van der Waals surface area contributed by atoms with Gasteiger partial charge in [-0.2, -0.15) is 10.2 Å². The van der Waals surface area contributed by atoms with Crippen molar-refractivity contribution in [1.82, 2.24) is 24.5 Å². The number of esters is 1. The lowest BCUT2D eigenvalue weighted by molar-refractivity contribution is -0.143. The summed E-state index contributed by atoms with van der Waals surface area (Å²) in [6, 6.07) is 12.4. The predicted octanol–water partition coefficient (Wildman–Crippen LogP) is 3.56. The molecule has 8 heteroatoms. The van der Waals surface area contributed by atoms with E-state index in [0.717, 1.165) is 60.1 Å². The van der Waals surface area contributed by atoms with Gasteiger partial charge < -0.3 is 14.4 Å². The van der Waals surface area contributed by atoms with Gasteiger partial charge in [-0.05, 0) is 31.9 Å². The molecule has 3 aliphatic rings. The van der Waals surface area contributed by atoms with Crippen LogP contribution >= 0.6 is 0 Å². The van der Waals surface area contributed by atoms with E-state index < -0.39 is 5.41 Å². The minimum absolute atomic E-state index is 0.221. The van der Waals surface area contributed by atoms with Crippen LogP contribution in [-0.4, -0.2) is 63.8 Å². The monoisotopic (exact) mass is 469 g/mol. The molecule has 0 N–H and O–H groups in total. The van der Waals surface area contributed by atoms with Crippen molar-refractivity contribution >= 4 is 23.6 Å². The molecule has 4 heterocycles. The number of rotatable bonds is 5. The van der Waals surface area contributed by atoms with Crippen LogP contribution in [0.15, 0.2) is 54.4 Å². The van der Waals surface area contributed by atoms with Crippen LogP contribution in [0.5, 0.6) is 0 Å². The van der Waals surface area contributed by atoms with Crippen LogP contribution in [0, 0.1) is 6.92 Å². The second kappa shape index (κ2) is 8.41. The summed E-state index contributed by atoms with van der Waals surface area (Å²) in [7, 11) is 1.43. The molecule has 0 amide bonds. The van der Waals surface area contributed by atoms with E-state index in [9.17, 15) is 4.79 Å². The van der Waals surface area contributed by atoms with Crippen LogP contribution in [0.1, 0.15) is 29.8 Å². The Labute approximate surface area is 203 Å². The van der Waals surface area contributed by atoms with Crippen molar-refractivity contribution < 1.29 is 14.3 Å². The number of ether oxygens (including phenoxy) is 2. The SMILES string of the molecule is COC(=O)C1(c2ccn(C3=C=Cc4cc(-c5ccc(C)cc5)nn4C(N4CCOCC4)=C3)n2)CC1. The van der Waals surface area contributed by atoms with Crippen LogP contribution < -0.4 is 0 Å². The minimum Gasteiger partial charge on any atom is -0.468 e. The lowest BCUT2D eigenvalue weighted by Gasteiger charge is -2.31. The number of morpholine rings is 1. The van der Waals surface area contributed by atoms with Crippen molar-refractivity contribution in [1.29, 1.82) is 0 Å². The van der Waals surface area contributed by atoms with Gasteiger partial charge in [-0.15, -0.1) is 0 Å². The van der Waals surface area contributed by atoms with Crippen molar-refractivity contribution in [3.63, 3.8) is 0 Å². The summed E-state index contributed by atoms with van der Waals surface area (Å²) in [5, 5.41) is 9.73. The summed E-state index contributed by atoms with van der Waals surface area (Å²) in [5.41, 5.74) is 8.46. The Kier molecular flexibility index (Phi) is 5.20. The highest BCUT2D eigenvalue weighted by molar-refractivity contribution is 5.86. The molecule has 6 rings (SSSR count). The van der Waals surface area contributed by atoms with E-state index in [1.54, 1.807) is 4.68 Å². The molecule has 0 bridgehead atoms. The Bertz CT molecular complexity index is 1380. The third kappa shape index (κ3) is 3.81. The quantitative estimate of drug-likeness (QED) is 0.420. The molecule has 0 spiro atoms. The number of aromatic nitrogens is 4. The number of carbonyl (C=O) groups excluding carboxylic acids is 1. The topological polar surface area (TPSA) is 74.4 Å². The Morgan fingerprint density at radius 2 is 1.89 bits per heavy atom. The first kappa shape index (κ1) is 21.6. The lowest BCUT2D eigenvalue weighted by Crippen LogP contribution is -2.37. The maximum Gasteiger partial charge on any atom is 0.317 e. The molecule has 1 saturated heterocycles. The molecule has 2 aromatic heterocycles. The van der Waals surface area contributed by atoms with Crippen molar-refractivity contribution in [2.45, 2.75) is 25.2 Å². The molecule has 1 saturated carbocycles. The number of hydrogen-bond donors (Lipinski definition) is 0. The van der Waals surface area contributed by atoms with E-state index in [-0.39, 0.29) is 5.97 Å². The molecule has 178 valence electrons. The first-order chi connectivity index (χ1) is 17.1. The van der Waals surface area contributed by atoms with Gasteiger partial charge >= 0.3 is 5.97 Å². The molecular formula is C27H27N5O3. The van der Waals surface area contributed by atoms with Crippen LogP contribution in [-0.2, 0) is 19.7 Å². The summed E-state index contributed by atoms with van der Waals surface area (Å²) >= 11 is 0. The number of benzene rings is 1. The zero-order valence-electron chi connectivity index (χ0n) is 19.9. The zero-order valence-corrected chi connectivity index (χ0v) is 19.9. The standard InChI is InChI=1S/C27H27N5O3/c1-19-3-5-20(6-4-19)23-17-22-8-7-21(18-25(32(22)28-23)30-13-15-35-16-14-30)31-12-9-24(29-31)27(10-11-27)26(33)34-2/h3-6,8-9,12,17-18H,10-11,13-16H2,1-2H3. The molecular weight excluding hydrogens is 442 g/mol. The number of nitrogens with zero attached hydrogens (tertiary/aromatic N) is 5. The molecule has 8 nitrogen and oxygen atoms in total. The normalized spacial score (nSPS) is 18.4. The molecule has 0 atom stereocenters. The summed E-state index contributed by atoms with van der Waals surface area (Å²) < 4.78 is 14.4. The van der Waals surface area contributed by atoms with E-state index in [1.807, 2.05) is 23.0 Å². The number of hydrogen-bond acceptors (Lipinski definition) is 6. The Hall–Kier alpha value is -3.87. The molecule has 1 aromatic carbocycles. The summed E-state index contributed by atoms with van der Waals surface area (Å²) in [6.45, 7) is 4.96. The summed E-state index contributed by atoms with van der Waals surface area (Å²) in [6.07, 6.45) is 7.40. The molecule has 1 aliphatic carbocycles. The number of aryl methyl sites for hydroxylation is 1. The van der Waals surface area contributed by atoms with Crippen molar-refractivity contribution in [3.8, 4) is 11.3 Å². The third-order valence-corrected chi connectivity index (χ3v) is 6.92. The highest BCUT2D eigenvalue weighted by Crippen LogP contribution is 2.48. The average molecular weight is 470 g/mol. The number of fused-ring (bicyclic) bond motifs is 1. The van der Waals surface area contributed by atoms with Crippen LogP contribution in [0.25, 0.3) is 28.9 Å². The average Bonchev–Trinajstić information content (AvgIpc) is 3.43. The molecule has 35 heavy (non-hydrogen) atoms. The van der Waals surface area contributed by atoms with E-state index >= 15 is 0 Å². The van der Waals surface area contributed by atoms with Crippen LogP contribution in [0.3, 0.4) is 0 Å². The van der Waals surface area contributed by atoms with Gasteiger partial charge in [-0.25, -0.2) is 9.36 Å². The van der Waals surface area contributed by atoms with Gasteiger partial charge in [0.15, 0.2) is 0 Å². The molecule has 0 unspecified atom stereocenters. The van der Waals surface area contributed by atoms with Gasteiger partial charge in [0, 0.05) is 37.0 Å². The maximum atomic E-state index is 12.3. The predicted molar refractivity (Wildman–Crippen MR) is 132 cm³/mol. The van der Waals surface area contributed by atoms with E-state index in [2.05, 4.69) is 54.0 Å². The zero-order chi connectivity index (χ0) is 24.0. The number of carbonyl (C=O) groups is 1. The molecule has 2 fully saturated rings. The maximum absolute atomic E-state index is 12.3. The Morgan fingerprint density at radius 1 is 1.11 bits per heavy atom. The van der Waals surface area contributed by atoms with Crippen molar-refractivity contribution in [3.05, 3.63) is 71.4 Å². The largest absolute Gasteiger partial charge is 0.468 e. The highest BCUT2D eigenvalue weighted by atomic mass is 16.5. The second-order valence-electron chi connectivity index (χ2n) is 9.23. The van der Waals surface area contributed by atoms with Gasteiger partial charge in [-0.3, -0.25) is 4.79 Å². The van der Waals surface area contributed by atoms with Gasteiger partial charge in [0.1, 0.15) is 16.9 Å². The fourth-order valence-electron chi connectivity index (χ4n) is 4.67. The van der Waals surface area contributed by atoms with Gasteiger partial charge in [0.05, 0.1) is 37.4 Å². The lowest BCUT2D eigenvalue weighted by atomic mass is 10.0. The Balaban J connectivity index is 1.41. The van der Waals surface area contributed by atoms with Crippen molar-refractivity contribution in [2.75, 3.05) is 33.4 Å². The Morgan fingerprint density at radius 3 is 2.60 bits per heavy atom. The third-order valence-electron chi connectivity index (χ3n) is 6.92. The smallest absolute Gasteiger partial charge is 0.317 e. The van der Waals surface area contributed by atoms with Gasteiger partial charge in [0.2, 0.25) is 0 Å². The van der Waals surface area contributed by atoms with Crippen molar-refractivity contribution in [2.24, 2.45) is 0 Å². The minimum atomic E-state index is -0.610. The molecule has 2 aliphatic heterocycles. The first-order valence-electron chi connectivity index (χ1n) is 11.9. The summed E-state index contributed by atoms with van der Waals surface area (Å²) in [5.74, 6) is 0.727. The molecule has 0 radical (unpaired) electrons. The fraction of sp³-hybridized carbons (Fsp3) is 0.333. The molecule has 3 aromatic rings. The number of methoxy groups -OCH3 is 1. The number of allylic oxidation sites excluding steroid dienone is 2. The first-order valence-corrected chi connectivity index (χ1v) is 11.9. The van der Waals surface area contributed by atoms with E-state index in [4.69, 9.17) is 19.7 Å². The van der Waals surface area contributed by atoms with E-state index in [0.29, 0.717) is 13.2 Å². The van der Waals surface area contributed by atoms with Crippen LogP contribution in [0.2, 0.25) is 0 Å². The highest BCUT2D eigenvalue weighted by Gasteiger charge is 2.54. The summed E-state index contributed by atoms with van der Waals surface area (Å²) in [4.78, 5) is 14.6. The fourth-order valence-corrected chi connectivity index (χ4v) is 4.67. The van der Waals surface area contributed by atoms with Gasteiger partial charge in [0.25, 0.3) is 0 Å². The van der Waals surface area contributed by atoms with Gasteiger partial charge in [-0.1, -0.05) is 35.6 Å².